The average Bonchev–Trinajstić information content (AvgIpc) is 2.73. The molecule has 1 fully saturated rings. The van der Waals surface area contributed by atoms with Crippen LogP contribution in [0.2, 0.25) is 0 Å². The SMILES string of the molecule is COCCNS(=O)(=O)c1ccc(C)c(C(=O)N2CC(C)OC(c3ccccc3)C2)c1. The summed E-state index contributed by atoms with van der Waals surface area (Å²) in [5, 5.41) is 0. The van der Waals surface area contributed by atoms with Crippen LogP contribution in [-0.2, 0) is 19.5 Å². The molecule has 1 heterocycles. The number of rotatable bonds is 7. The Labute approximate surface area is 178 Å². The van der Waals surface area contributed by atoms with Gasteiger partial charge < -0.3 is 14.4 Å². The van der Waals surface area contributed by atoms with Gasteiger partial charge in [0.1, 0.15) is 6.10 Å². The lowest BCUT2D eigenvalue weighted by atomic mass is 10.0. The van der Waals surface area contributed by atoms with E-state index in [1.54, 1.807) is 17.9 Å². The zero-order valence-corrected chi connectivity index (χ0v) is 18.3. The number of nitrogens with zero attached hydrogens (tertiary/aromatic N) is 1. The van der Waals surface area contributed by atoms with Crippen LogP contribution in [0.1, 0.15) is 34.5 Å². The zero-order chi connectivity index (χ0) is 21.7. The predicted molar refractivity (Wildman–Crippen MR) is 114 cm³/mol. The van der Waals surface area contributed by atoms with Gasteiger partial charge in [-0.3, -0.25) is 4.79 Å². The Hall–Kier alpha value is -2.26. The van der Waals surface area contributed by atoms with Gasteiger partial charge >= 0.3 is 0 Å². The number of hydrogen-bond donors (Lipinski definition) is 1. The van der Waals surface area contributed by atoms with Crippen LogP contribution < -0.4 is 4.72 Å². The molecule has 2 aromatic carbocycles. The smallest absolute Gasteiger partial charge is 0.254 e. The molecule has 0 radical (unpaired) electrons. The van der Waals surface area contributed by atoms with Gasteiger partial charge in [0.25, 0.3) is 5.91 Å². The van der Waals surface area contributed by atoms with Gasteiger partial charge in [-0.25, -0.2) is 13.1 Å². The number of carbonyl (C=O) groups excluding carboxylic acids is 1. The number of hydrogen-bond acceptors (Lipinski definition) is 5. The summed E-state index contributed by atoms with van der Waals surface area (Å²) in [5.41, 5.74) is 2.12. The van der Waals surface area contributed by atoms with Gasteiger partial charge in [0.05, 0.1) is 24.2 Å². The normalized spacial score (nSPS) is 19.6. The van der Waals surface area contributed by atoms with E-state index in [2.05, 4.69) is 4.72 Å². The zero-order valence-electron chi connectivity index (χ0n) is 17.5. The maximum atomic E-state index is 13.3. The number of nitrogens with one attached hydrogen (secondary N) is 1. The van der Waals surface area contributed by atoms with E-state index in [1.165, 1.54) is 19.2 Å². The topological polar surface area (TPSA) is 84.9 Å². The van der Waals surface area contributed by atoms with Crippen molar-refractivity contribution in [1.29, 1.82) is 0 Å². The summed E-state index contributed by atoms with van der Waals surface area (Å²) in [4.78, 5) is 15.1. The van der Waals surface area contributed by atoms with Gasteiger partial charge in [-0.1, -0.05) is 36.4 Å². The maximum absolute atomic E-state index is 13.3. The van der Waals surface area contributed by atoms with Gasteiger partial charge in [0.15, 0.2) is 0 Å². The van der Waals surface area contributed by atoms with E-state index in [0.717, 1.165) is 11.1 Å². The van der Waals surface area contributed by atoms with Crippen molar-refractivity contribution in [2.45, 2.75) is 31.0 Å². The van der Waals surface area contributed by atoms with Crippen molar-refractivity contribution in [2.24, 2.45) is 0 Å². The number of amides is 1. The molecule has 2 atom stereocenters. The Morgan fingerprint density at radius 3 is 2.63 bits per heavy atom. The summed E-state index contributed by atoms with van der Waals surface area (Å²) >= 11 is 0. The van der Waals surface area contributed by atoms with Crippen molar-refractivity contribution < 1.29 is 22.7 Å². The highest BCUT2D eigenvalue weighted by Crippen LogP contribution is 2.27. The van der Waals surface area contributed by atoms with Crippen molar-refractivity contribution in [2.75, 3.05) is 33.4 Å². The number of benzene rings is 2. The standard InChI is InChI=1S/C22H28N2O5S/c1-16-9-10-19(30(26,27)23-11-12-28-3)13-20(16)22(25)24-14-17(2)29-21(15-24)18-7-5-4-6-8-18/h4-10,13,17,21,23H,11-12,14-15H2,1-3H3. The van der Waals surface area contributed by atoms with E-state index in [0.29, 0.717) is 18.7 Å². The minimum Gasteiger partial charge on any atom is -0.383 e. The molecule has 1 saturated heterocycles. The average molecular weight is 433 g/mol. The van der Waals surface area contributed by atoms with Crippen LogP contribution in [0.5, 0.6) is 0 Å². The second kappa shape index (κ2) is 9.70. The van der Waals surface area contributed by atoms with Gasteiger partial charge in [0.2, 0.25) is 10.0 Å². The Morgan fingerprint density at radius 1 is 1.20 bits per heavy atom. The summed E-state index contributed by atoms with van der Waals surface area (Å²) in [5.74, 6) is -0.197. The van der Waals surface area contributed by atoms with Crippen LogP contribution in [0.3, 0.4) is 0 Å². The van der Waals surface area contributed by atoms with Crippen LogP contribution in [0.15, 0.2) is 53.4 Å². The van der Waals surface area contributed by atoms with Crippen molar-refractivity contribution >= 4 is 15.9 Å². The van der Waals surface area contributed by atoms with Crippen LogP contribution >= 0.6 is 0 Å². The molecule has 1 aliphatic heterocycles. The molecule has 0 bridgehead atoms. The van der Waals surface area contributed by atoms with Crippen molar-refractivity contribution in [3.63, 3.8) is 0 Å². The molecule has 162 valence electrons. The lowest BCUT2D eigenvalue weighted by molar-refractivity contribution is -0.0692. The van der Waals surface area contributed by atoms with Crippen LogP contribution in [-0.4, -0.2) is 58.7 Å². The molecule has 7 nitrogen and oxygen atoms in total. The van der Waals surface area contributed by atoms with Crippen molar-refractivity contribution in [3.05, 3.63) is 65.2 Å². The van der Waals surface area contributed by atoms with E-state index in [-0.39, 0.29) is 36.2 Å². The number of methoxy groups -OCH3 is 1. The molecule has 3 rings (SSSR count). The first-order chi connectivity index (χ1) is 14.3. The monoisotopic (exact) mass is 432 g/mol. The molecule has 0 saturated carbocycles. The van der Waals surface area contributed by atoms with E-state index in [4.69, 9.17) is 9.47 Å². The Balaban J connectivity index is 1.83. The number of sulfonamides is 1. The van der Waals surface area contributed by atoms with Crippen molar-refractivity contribution in [3.8, 4) is 0 Å². The molecule has 0 spiro atoms. The summed E-state index contributed by atoms with van der Waals surface area (Å²) in [7, 11) is -2.22. The summed E-state index contributed by atoms with van der Waals surface area (Å²) in [6.45, 7) is 5.03. The maximum Gasteiger partial charge on any atom is 0.254 e. The lowest BCUT2D eigenvalue weighted by Gasteiger charge is -2.37. The first-order valence-electron chi connectivity index (χ1n) is 9.90. The largest absolute Gasteiger partial charge is 0.383 e. The number of ether oxygens (including phenoxy) is 2. The molecule has 0 aromatic heterocycles. The highest BCUT2D eigenvalue weighted by atomic mass is 32.2. The van der Waals surface area contributed by atoms with Gasteiger partial charge in [-0.05, 0) is 37.1 Å². The second-order valence-corrected chi connectivity index (χ2v) is 9.19. The molecule has 2 unspecified atom stereocenters. The van der Waals surface area contributed by atoms with Gasteiger partial charge in [-0.2, -0.15) is 0 Å². The van der Waals surface area contributed by atoms with E-state index in [9.17, 15) is 13.2 Å². The fourth-order valence-electron chi connectivity index (χ4n) is 3.50. The number of carbonyl (C=O) groups is 1. The first kappa shape index (κ1) is 22.4. The number of morpholine rings is 1. The fraction of sp³-hybridized carbons (Fsp3) is 0.409. The molecule has 0 aliphatic carbocycles. The summed E-state index contributed by atoms with van der Waals surface area (Å²) in [6, 6.07) is 14.4. The fourth-order valence-corrected chi connectivity index (χ4v) is 4.54. The third-order valence-corrected chi connectivity index (χ3v) is 6.53. The Bertz CT molecular complexity index is 978. The highest BCUT2D eigenvalue weighted by Gasteiger charge is 2.31. The molecular formula is C22H28N2O5S. The molecular weight excluding hydrogens is 404 g/mol. The van der Waals surface area contributed by atoms with Crippen LogP contribution in [0, 0.1) is 6.92 Å². The van der Waals surface area contributed by atoms with E-state index < -0.39 is 10.0 Å². The minimum absolute atomic E-state index is 0.0634. The molecule has 1 N–H and O–H groups in total. The summed E-state index contributed by atoms with van der Waals surface area (Å²) in [6.07, 6.45) is -0.349. The molecule has 1 aliphatic rings. The van der Waals surface area contributed by atoms with Crippen LogP contribution in [0.25, 0.3) is 0 Å². The Kier molecular flexibility index (Phi) is 7.25. The Morgan fingerprint density at radius 2 is 1.93 bits per heavy atom. The minimum atomic E-state index is -3.73. The van der Waals surface area contributed by atoms with Gasteiger partial charge in [0, 0.05) is 25.8 Å². The van der Waals surface area contributed by atoms with E-state index >= 15 is 0 Å². The third kappa shape index (κ3) is 5.26. The third-order valence-electron chi connectivity index (χ3n) is 5.07. The predicted octanol–water partition coefficient (Wildman–Crippen LogP) is 2.52. The quantitative estimate of drug-likeness (QED) is 0.680. The molecule has 1 amide bonds. The van der Waals surface area contributed by atoms with E-state index in [1.807, 2.05) is 37.3 Å². The van der Waals surface area contributed by atoms with Crippen molar-refractivity contribution in [1.82, 2.24) is 9.62 Å². The summed E-state index contributed by atoms with van der Waals surface area (Å²) < 4.78 is 38.5. The second-order valence-electron chi connectivity index (χ2n) is 7.42. The molecule has 8 heteroatoms. The molecule has 2 aromatic rings. The van der Waals surface area contributed by atoms with Gasteiger partial charge in [-0.15, -0.1) is 0 Å². The van der Waals surface area contributed by atoms with Crippen LogP contribution in [0.4, 0.5) is 0 Å². The number of aryl methyl sites for hydroxylation is 1. The highest BCUT2D eigenvalue weighted by molar-refractivity contribution is 7.89. The first-order valence-corrected chi connectivity index (χ1v) is 11.4. The molecule has 30 heavy (non-hydrogen) atoms. The lowest BCUT2D eigenvalue weighted by Crippen LogP contribution is -2.46.